The van der Waals surface area contributed by atoms with Gasteiger partial charge in [-0.05, 0) is 28.7 Å². The lowest BCUT2D eigenvalue weighted by molar-refractivity contribution is 0.0118. The number of hydrogen-bond acceptors (Lipinski definition) is 2. The first-order valence-electron chi connectivity index (χ1n) is 4.14. The molecule has 4 nitrogen and oxygen atoms in total. The molecule has 0 fully saturated rings. The normalized spacial score (nSPS) is 10.8. The summed E-state index contributed by atoms with van der Waals surface area (Å²) in [6.07, 6.45) is 1.61. The number of carbonyl (C=O) groups excluding carboxylic acids is 1. The van der Waals surface area contributed by atoms with E-state index >= 15 is 0 Å². The zero-order valence-corrected chi connectivity index (χ0v) is 11.1. The highest BCUT2D eigenvalue weighted by Crippen LogP contribution is 2.10. The minimum Gasteiger partial charge on any atom is -0.356 e. The molecule has 0 aliphatic carbocycles. The first-order chi connectivity index (χ1) is 6.94. The standard InChI is InChI=1S/C8H10F2IN3O.ClH/c9-8(10,3-12)4-14-7(15)6-1-5(11)2-13-6;/h1-2,13H,3-4,12H2,(H,14,15);1H. The molecule has 0 bridgehead atoms. The molecule has 0 saturated carbocycles. The lowest BCUT2D eigenvalue weighted by Gasteiger charge is -2.13. The van der Waals surface area contributed by atoms with Crippen LogP contribution in [0.2, 0.25) is 0 Å². The molecule has 0 saturated heterocycles. The lowest BCUT2D eigenvalue weighted by Crippen LogP contribution is -2.41. The number of H-pyrrole nitrogens is 1. The second-order valence-corrected chi connectivity index (χ2v) is 4.22. The molecule has 4 N–H and O–H groups in total. The molecule has 92 valence electrons. The van der Waals surface area contributed by atoms with Crippen molar-refractivity contribution in [3.05, 3.63) is 21.5 Å². The van der Waals surface area contributed by atoms with E-state index < -0.39 is 24.9 Å². The van der Waals surface area contributed by atoms with Gasteiger partial charge in [-0.2, -0.15) is 0 Å². The summed E-state index contributed by atoms with van der Waals surface area (Å²) in [4.78, 5) is 14.0. The molecular formula is C8H11ClF2IN3O. The zero-order valence-electron chi connectivity index (χ0n) is 8.10. The van der Waals surface area contributed by atoms with E-state index in [-0.39, 0.29) is 18.1 Å². The topological polar surface area (TPSA) is 70.9 Å². The Kier molecular flexibility index (Phi) is 6.19. The van der Waals surface area contributed by atoms with Crippen molar-refractivity contribution in [2.24, 2.45) is 5.73 Å². The molecule has 0 aliphatic rings. The van der Waals surface area contributed by atoms with Gasteiger partial charge >= 0.3 is 0 Å². The summed E-state index contributed by atoms with van der Waals surface area (Å²) in [5.74, 6) is -3.62. The van der Waals surface area contributed by atoms with Crippen LogP contribution in [0.15, 0.2) is 12.3 Å². The Labute approximate surface area is 111 Å². The van der Waals surface area contributed by atoms with Crippen molar-refractivity contribution in [3.63, 3.8) is 0 Å². The van der Waals surface area contributed by atoms with Gasteiger partial charge in [-0.25, -0.2) is 8.78 Å². The Morgan fingerprint density at radius 2 is 2.25 bits per heavy atom. The Bertz CT molecular complexity index is 359. The van der Waals surface area contributed by atoms with Gasteiger partial charge in [-0.3, -0.25) is 4.79 Å². The molecule has 0 unspecified atom stereocenters. The van der Waals surface area contributed by atoms with Crippen LogP contribution in [0.4, 0.5) is 8.78 Å². The third-order valence-electron chi connectivity index (χ3n) is 1.70. The van der Waals surface area contributed by atoms with Gasteiger partial charge in [-0.15, -0.1) is 12.4 Å². The van der Waals surface area contributed by atoms with E-state index in [2.05, 4.69) is 10.3 Å². The van der Waals surface area contributed by atoms with Crippen LogP contribution < -0.4 is 11.1 Å². The monoisotopic (exact) mass is 365 g/mol. The van der Waals surface area contributed by atoms with Crippen molar-refractivity contribution in [2.75, 3.05) is 13.1 Å². The van der Waals surface area contributed by atoms with Crippen LogP contribution in [0.3, 0.4) is 0 Å². The summed E-state index contributed by atoms with van der Waals surface area (Å²) in [5.41, 5.74) is 5.08. The number of carbonyl (C=O) groups is 1. The minimum absolute atomic E-state index is 0. The molecule has 0 spiro atoms. The van der Waals surface area contributed by atoms with Crippen molar-refractivity contribution in [1.29, 1.82) is 0 Å². The first-order valence-corrected chi connectivity index (χ1v) is 5.22. The largest absolute Gasteiger partial charge is 0.356 e. The van der Waals surface area contributed by atoms with Gasteiger partial charge in [0, 0.05) is 9.77 Å². The highest BCUT2D eigenvalue weighted by atomic mass is 127. The van der Waals surface area contributed by atoms with Crippen LogP contribution in [-0.2, 0) is 0 Å². The quantitative estimate of drug-likeness (QED) is 0.705. The molecule has 16 heavy (non-hydrogen) atoms. The molecule has 0 aromatic carbocycles. The Balaban J connectivity index is 0.00000225. The predicted octanol–water partition coefficient (Wildman–Crippen LogP) is 1.36. The van der Waals surface area contributed by atoms with Gasteiger partial charge in [0.05, 0.1) is 13.1 Å². The van der Waals surface area contributed by atoms with E-state index in [0.29, 0.717) is 0 Å². The van der Waals surface area contributed by atoms with Gasteiger partial charge in [0.15, 0.2) is 0 Å². The number of halogens is 4. The SMILES string of the molecule is Cl.NCC(F)(F)CNC(=O)c1cc(I)c[nH]1. The van der Waals surface area contributed by atoms with Crippen LogP contribution >= 0.6 is 35.0 Å². The summed E-state index contributed by atoms with van der Waals surface area (Å²) in [5, 5.41) is 2.10. The Hall–Kier alpha value is -0.410. The molecule has 0 radical (unpaired) electrons. The summed E-state index contributed by atoms with van der Waals surface area (Å²) in [7, 11) is 0. The molecule has 1 aromatic rings. The minimum atomic E-state index is -3.06. The third kappa shape index (κ3) is 4.62. The molecule has 8 heteroatoms. The number of alkyl halides is 2. The summed E-state index contributed by atoms with van der Waals surface area (Å²) in [6.45, 7) is -1.53. The van der Waals surface area contributed by atoms with E-state index in [4.69, 9.17) is 5.73 Å². The fourth-order valence-electron chi connectivity index (χ4n) is 0.876. The van der Waals surface area contributed by atoms with Crippen molar-refractivity contribution < 1.29 is 13.6 Å². The van der Waals surface area contributed by atoms with Crippen molar-refractivity contribution >= 4 is 40.9 Å². The van der Waals surface area contributed by atoms with E-state index in [9.17, 15) is 13.6 Å². The summed E-state index contributed by atoms with van der Waals surface area (Å²) < 4.78 is 26.2. The number of nitrogens with one attached hydrogen (secondary N) is 2. The summed E-state index contributed by atoms with van der Waals surface area (Å²) >= 11 is 2.01. The molecule has 1 aromatic heterocycles. The number of hydrogen-bond donors (Lipinski definition) is 3. The van der Waals surface area contributed by atoms with E-state index in [1.165, 1.54) is 0 Å². The highest BCUT2D eigenvalue weighted by Gasteiger charge is 2.27. The Morgan fingerprint density at radius 3 is 2.69 bits per heavy atom. The average molecular weight is 366 g/mol. The van der Waals surface area contributed by atoms with Gasteiger partial charge in [0.2, 0.25) is 0 Å². The molecule has 1 heterocycles. The maximum Gasteiger partial charge on any atom is 0.277 e. The smallest absolute Gasteiger partial charge is 0.277 e. The Morgan fingerprint density at radius 1 is 1.62 bits per heavy atom. The molecule has 0 aliphatic heterocycles. The van der Waals surface area contributed by atoms with Gasteiger partial charge in [0.1, 0.15) is 5.69 Å². The molecular weight excluding hydrogens is 354 g/mol. The fourth-order valence-corrected chi connectivity index (χ4v) is 1.34. The number of nitrogens with two attached hydrogens (primary N) is 1. The average Bonchev–Trinajstić information content (AvgIpc) is 2.61. The highest BCUT2D eigenvalue weighted by molar-refractivity contribution is 14.1. The number of rotatable bonds is 4. The zero-order chi connectivity index (χ0) is 11.5. The van der Waals surface area contributed by atoms with E-state index in [1.807, 2.05) is 22.6 Å². The number of amides is 1. The third-order valence-corrected chi connectivity index (χ3v) is 2.32. The van der Waals surface area contributed by atoms with Gasteiger partial charge in [-0.1, -0.05) is 0 Å². The first kappa shape index (κ1) is 15.6. The van der Waals surface area contributed by atoms with E-state index in [1.54, 1.807) is 12.3 Å². The number of aromatic amines is 1. The van der Waals surface area contributed by atoms with Crippen molar-refractivity contribution in [1.82, 2.24) is 10.3 Å². The van der Waals surface area contributed by atoms with Crippen molar-refractivity contribution in [3.8, 4) is 0 Å². The maximum atomic E-state index is 12.7. The second-order valence-electron chi connectivity index (χ2n) is 2.97. The second kappa shape index (κ2) is 6.36. The molecule has 0 atom stereocenters. The fraction of sp³-hybridized carbons (Fsp3) is 0.375. The van der Waals surface area contributed by atoms with Gasteiger partial charge < -0.3 is 16.0 Å². The van der Waals surface area contributed by atoms with Crippen LogP contribution in [0.5, 0.6) is 0 Å². The van der Waals surface area contributed by atoms with Gasteiger partial charge in [0.25, 0.3) is 11.8 Å². The van der Waals surface area contributed by atoms with Crippen LogP contribution in [-0.4, -0.2) is 29.9 Å². The van der Waals surface area contributed by atoms with Crippen molar-refractivity contribution in [2.45, 2.75) is 5.92 Å². The number of aromatic nitrogens is 1. The predicted molar refractivity (Wildman–Crippen MR) is 67.1 cm³/mol. The lowest BCUT2D eigenvalue weighted by atomic mass is 10.3. The van der Waals surface area contributed by atoms with Crippen LogP contribution in [0, 0.1) is 3.57 Å². The van der Waals surface area contributed by atoms with E-state index in [0.717, 1.165) is 3.57 Å². The maximum absolute atomic E-state index is 12.7. The van der Waals surface area contributed by atoms with Crippen LogP contribution in [0.1, 0.15) is 10.5 Å². The summed E-state index contributed by atoms with van der Waals surface area (Å²) in [6, 6.07) is 1.57. The molecule has 1 rings (SSSR count). The van der Waals surface area contributed by atoms with Crippen LogP contribution in [0.25, 0.3) is 0 Å². The molecule has 1 amide bonds.